The van der Waals surface area contributed by atoms with E-state index in [-0.39, 0.29) is 19.2 Å². The number of nitrogens with one attached hydrogen (secondary N) is 2. The molecule has 11 nitrogen and oxygen atoms in total. The Labute approximate surface area is 133 Å². The maximum absolute atomic E-state index is 12.1. The lowest BCUT2D eigenvalue weighted by Gasteiger charge is -2.29. The molecule has 2 aliphatic rings. The van der Waals surface area contributed by atoms with E-state index in [1.54, 1.807) is 7.05 Å². The summed E-state index contributed by atoms with van der Waals surface area (Å²) in [5.74, 6) is -0.492. The number of nitrogens with zero attached hydrogens (tertiary/aromatic N) is 2. The quantitative estimate of drug-likeness (QED) is 0.377. The molecular weight excluding hydrogens is 332 g/mol. The lowest BCUT2D eigenvalue weighted by molar-refractivity contribution is -0.139. The standard InChI is InChI=1S/C11H20N4O7S/c1-7(12-2)6-21-13-10(16)9-4-3-8-5-14(9)11(17)15(8)22-23(18,19)20/h7-9,12H,3-6H2,1-2H3,(H,13,16)(H,18,19,20)/t7?,8-,9+/m1/s1. The van der Waals surface area contributed by atoms with Crippen molar-refractivity contribution in [2.45, 2.75) is 37.9 Å². The van der Waals surface area contributed by atoms with Crippen LogP contribution < -0.4 is 10.8 Å². The Morgan fingerprint density at radius 3 is 2.78 bits per heavy atom. The number of hydroxylamine groups is 3. The first kappa shape index (κ1) is 17.9. The molecule has 2 aliphatic heterocycles. The first-order valence-electron chi connectivity index (χ1n) is 7.08. The van der Waals surface area contributed by atoms with Gasteiger partial charge in [0.1, 0.15) is 6.04 Å². The largest absolute Gasteiger partial charge is 0.418 e. The van der Waals surface area contributed by atoms with Gasteiger partial charge < -0.3 is 10.2 Å². The molecule has 3 N–H and O–H groups in total. The van der Waals surface area contributed by atoms with Gasteiger partial charge in [0.15, 0.2) is 0 Å². The lowest BCUT2D eigenvalue weighted by Crippen LogP contribution is -2.50. The molecule has 2 heterocycles. The molecule has 0 aliphatic carbocycles. The topological polar surface area (TPSA) is 138 Å². The summed E-state index contributed by atoms with van der Waals surface area (Å²) >= 11 is 0. The number of carbonyl (C=O) groups is 2. The number of hydrogen-bond acceptors (Lipinski definition) is 7. The van der Waals surface area contributed by atoms with Crippen LogP contribution in [0.15, 0.2) is 0 Å². The van der Waals surface area contributed by atoms with Crippen LogP contribution >= 0.6 is 0 Å². The summed E-state index contributed by atoms with van der Waals surface area (Å²) in [7, 11) is -3.04. The normalized spacial score (nSPS) is 25.6. The van der Waals surface area contributed by atoms with Crippen LogP contribution in [0.3, 0.4) is 0 Å². The van der Waals surface area contributed by atoms with Gasteiger partial charge in [0.05, 0.1) is 12.6 Å². The predicted octanol–water partition coefficient (Wildman–Crippen LogP) is -1.35. The van der Waals surface area contributed by atoms with E-state index in [4.69, 9.17) is 9.39 Å². The highest BCUT2D eigenvalue weighted by molar-refractivity contribution is 7.80. The van der Waals surface area contributed by atoms with Crippen LogP contribution in [0, 0.1) is 0 Å². The molecule has 12 heteroatoms. The molecule has 0 spiro atoms. The van der Waals surface area contributed by atoms with Crippen molar-refractivity contribution in [3.63, 3.8) is 0 Å². The van der Waals surface area contributed by atoms with Gasteiger partial charge in [-0.2, -0.15) is 13.5 Å². The molecule has 2 rings (SSSR count). The summed E-state index contributed by atoms with van der Waals surface area (Å²) in [5.41, 5.74) is 2.28. The maximum Gasteiger partial charge on any atom is 0.418 e. The molecule has 23 heavy (non-hydrogen) atoms. The second kappa shape index (κ2) is 6.97. The molecule has 0 saturated carbocycles. The second-order valence-electron chi connectivity index (χ2n) is 5.48. The number of amides is 3. The zero-order chi connectivity index (χ0) is 17.2. The molecule has 2 saturated heterocycles. The van der Waals surface area contributed by atoms with Gasteiger partial charge in [-0.1, -0.05) is 0 Å². The van der Waals surface area contributed by atoms with E-state index >= 15 is 0 Å². The van der Waals surface area contributed by atoms with E-state index in [1.807, 2.05) is 6.92 Å². The van der Waals surface area contributed by atoms with E-state index in [1.165, 1.54) is 4.90 Å². The molecule has 0 aromatic carbocycles. The van der Waals surface area contributed by atoms with Gasteiger partial charge in [-0.05, 0) is 26.8 Å². The first-order valence-corrected chi connectivity index (χ1v) is 8.45. The van der Waals surface area contributed by atoms with Crippen molar-refractivity contribution in [2.75, 3.05) is 20.2 Å². The number of urea groups is 1. The average Bonchev–Trinajstić information content (AvgIpc) is 2.70. The van der Waals surface area contributed by atoms with Gasteiger partial charge in [0.25, 0.3) is 5.91 Å². The third-order valence-corrected chi connectivity index (χ3v) is 4.15. The molecule has 132 valence electrons. The van der Waals surface area contributed by atoms with Crippen molar-refractivity contribution in [2.24, 2.45) is 0 Å². The molecule has 2 fully saturated rings. The highest BCUT2D eigenvalue weighted by Gasteiger charge is 2.49. The summed E-state index contributed by atoms with van der Waals surface area (Å²) in [5, 5.41) is 3.52. The zero-order valence-electron chi connectivity index (χ0n) is 12.8. The molecule has 0 aromatic heterocycles. The van der Waals surface area contributed by atoms with Crippen LogP contribution in [-0.4, -0.2) is 73.2 Å². The minimum absolute atomic E-state index is 0.0399. The number of hydrogen-bond donors (Lipinski definition) is 3. The first-order chi connectivity index (χ1) is 10.7. The monoisotopic (exact) mass is 352 g/mol. The van der Waals surface area contributed by atoms with Crippen LogP contribution in [0.2, 0.25) is 0 Å². The number of rotatable bonds is 7. The van der Waals surface area contributed by atoms with Gasteiger partial charge in [-0.25, -0.2) is 10.3 Å². The Morgan fingerprint density at radius 1 is 1.48 bits per heavy atom. The van der Waals surface area contributed by atoms with Gasteiger partial charge in [0, 0.05) is 12.6 Å². The SMILES string of the molecule is CNC(C)CONC(=O)[C@@H]1CC[C@@H]2CN1C(=O)N2OS(=O)(=O)O. The third kappa shape index (κ3) is 4.29. The Kier molecular flexibility index (Phi) is 5.41. The molecule has 2 bridgehead atoms. The summed E-state index contributed by atoms with van der Waals surface area (Å²) in [4.78, 5) is 30.5. The van der Waals surface area contributed by atoms with E-state index in [0.29, 0.717) is 17.9 Å². The van der Waals surface area contributed by atoms with Crippen LogP contribution in [0.4, 0.5) is 4.79 Å². The minimum atomic E-state index is -4.80. The maximum atomic E-state index is 12.1. The molecule has 1 unspecified atom stereocenters. The third-order valence-electron chi connectivity index (χ3n) is 3.80. The number of carbonyl (C=O) groups excluding carboxylic acids is 2. The van der Waals surface area contributed by atoms with E-state index < -0.39 is 34.4 Å². The summed E-state index contributed by atoms with van der Waals surface area (Å²) in [6, 6.07) is -2.05. The molecular formula is C11H20N4O7S. The van der Waals surface area contributed by atoms with Crippen molar-refractivity contribution in [3.8, 4) is 0 Å². The number of piperidine rings is 1. The lowest BCUT2D eigenvalue weighted by atomic mass is 10.0. The fourth-order valence-corrected chi connectivity index (χ4v) is 2.88. The fourth-order valence-electron chi connectivity index (χ4n) is 2.49. The molecule has 3 amide bonds. The van der Waals surface area contributed by atoms with Crippen LogP contribution in [0.5, 0.6) is 0 Å². The molecule has 0 radical (unpaired) electrons. The minimum Gasteiger partial charge on any atom is -0.315 e. The summed E-state index contributed by atoms with van der Waals surface area (Å²) < 4.78 is 34.6. The van der Waals surface area contributed by atoms with E-state index in [9.17, 15) is 18.0 Å². The van der Waals surface area contributed by atoms with Gasteiger partial charge in [0.2, 0.25) is 0 Å². The number of fused-ring (bicyclic) bond motifs is 2. The van der Waals surface area contributed by atoms with Crippen LogP contribution in [0.25, 0.3) is 0 Å². The molecule has 0 aromatic rings. The van der Waals surface area contributed by atoms with Crippen molar-refractivity contribution in [1.82, 2.24) is 20.8 Å². The predicted molar refractivity (Wildman–Crippen MR) is 76.0 cm³/mol. The van der Waals surface area contributed by atoms with Crippen LogP contribution in [0.1, 0.15) is 19.8 Å². The van der Waals surface area contributed by atoms with Gasteiger partial charge in [-0.15, -0.1) is 4.28 Å². The highest BCUT2D eigenvalue weighted by Crippen LogP contribution is 2.30. The Morgan fingerprint density at radius 2 is 2.17 bits per heavy atom. The highest BCUT2D eigenvalue weighted by atomic mass is 32.3. The van der Waals surface area contributed by atoms with Crippen LogP contribution in [-0.2, 0) is 24.3 Å². The fraction of sp³-hybridized carbons (Fsp3) is 0.818. The zero-order valence-corrected chi connectivity index (χ0v) is 13.6. The average molecular weight is 352 g/mol. The van der Waals surface area contributed by atoms with Gasteiger partial charge >= 0.3 is 16.4 Å². The van der Waals surface area contributed by atoms with Gasteiger partial charge in [-0.3, -0.25) is 14.2 Å². The van der Waals surface area contributed by atoms with Crippen molar-refractivity contribution in [1.29, 1.82) is 0 Å². The smallest absolute Gasteiger partial charge is 0.315 e. The van der Waals surface area contributed by atoms with Crippen molar-refractivity contribution >= 4 is 22.3 Å². The van der Waals surface area contributed by atoms with E-state index in [2.05, 4.69) is 15.1 Å². The second-order valence-corrected chi connectivity index (χ2v) is 6.48. The Balaban J connectivity index is 1.94. The summed E-state index contributed by atoms with van der Waals surface area (Å²) in [6.07, 6.45) is 0.696. The molecule has 3 atom stereocenters. The summed E-state index contributed by atoms with van der Waals surface area (Å²) in [6.45, 7) is 2.26. The van der Waals surface area contributed by atoms with Crippen molar-refractivity contribution in [3.05, 3.63) is 0 Å². The van der Waals surface area contributed by atoms with Crippen molar-refractivity contribution < 1.29 is 31.7 Å². The van der Waals surface area contributed by atoms with E-state index in [0.717, 1.165) is 0 Å². The number of likely N-dealkylation sites (N-methyl/N-ethyl adjacent to an activating group) is 1. The Hall–Kier alpha value is -1.47. The Bertz CT molecular complexity index is 569.